The van der Waals surface area contributed by atoms with Crippen molar-refractivity contribution in [3.05, 3.63) is 35.4 Å². The molecule has 1 rings (SSSR count). The summed E-state index contributed by atoms with van der Waals surface area (Å²) in [6.07, 6.45) is -0.405. The minimum Gasteiger partial charge on any atom is -0.363 e. The molecule has 0 aliphatic carbocycles. The van der Waals surface area contributed by atoms with Crippen LogP contribution in [0.3, 0.4) is 0 Å². The number of ether oxygens (including phenoxy) is 1. The highest BCUT2D eigenvalue weighted by Gasteiger charge is 2.02. The van der Waals surface area contributed by atoms with E-state index in [1.807, 2.05) is 6.07 Å². The normalized spacial score (nSPS) is 12.1. The number of nitrogens with two attached hydrogens (primary N) is 1. The molecule has 62 valence electrons. The first-order valence-corrected chi connectivity index (χ1v) is 3.56. The molecule has 0 aromatic heterocycles. The van der Waals surface area contributed by atoms with Gasteiger partial charge in [0.1, 0.15) is 6.23 Å². The molecule has 0 heterocycles. The second-order valence-corrected chi connectivity index (χ2v) is 2.39. The average molecular weight is 162 g/mol. The molecule has 0 saturated carbocycles. The summed E-state index contributed by atoms with van der Waals surface area (Å²) in [4.78, 5) is 0. The molecular weight excluding hydrogens is 152 g/mol. The van der Waals surface area contributed by atoms with Gasteiger partial charge in [-0.3, -0.25) is 0 Å². The number of nitriles is 1. The number of methoxy groups -OCH3 is 1. The molecule has 0 spiro atoms. The van der Waals surface area contributed by atoms with Crippen LogP contribution in [0.25, 0.3) is 0 Å². The van der Waals surface area contributed by atoms with E-state index in [9.17, 15) is 0 Å². The summed E-state index contributed by atoms with van der Waals surface area (Å²) in [5, 5.41) is 8.51. The van der Waals surface area contributed by atoms with Crippen molar-refractivity contribution in [3.63, 3.8) is 0 Å². The lowest BCUT2D eigenvalue weighted by Gasteiger charge is -2.08. The van der Waals surface area contributed by atoms with E-state index >= 15 is 0 Å². The van der Waals surface area contributed by atoms with Crippen LogP contribution >= 0.6 is 0 Å². The van der Waals surface area contributed by atoms with Crippen molar-refractivity contribution < 1.29 is 4.74 Å². The molecule has 0 radical (unpaired) electrons. The van der Waals surface area contributed by atoms with Crippen LogP contribution in [-0.4, -0.2) is 7.11 Å². The van der Waals surface area contributed by atoms with Gasteiger partial charge in [0, 0.05) is 7.11 Å². The summed E-state index contributed by atoms with van der Waals surface area (Å²) in [7, 11) is 1.54. The second kappa shape index (κ2) is 3.86. The first kappa shape index (κ1) is 8.72. The van der Waals surface area contributed by atoms with Crippen molar-refractivity contribution in [2.45, 2.75) is 6.23 Å². The minimum atomic E-state index is -0.405. The summed E-state index contributed by atoms with van der Waals surface area (Å²) < 4.78 is 4.90. The SMILES string of the molecule is COC(N)c1ccc(C#N)cc1. The Bertz CT molecular complexity index is 286. The number of hydrogen-bond acceptors (Lipinski definition) is 3. The van der Waals surface area contributed by atoms with Crippen molar-refractivity contribution in [1.82, 2.24) is 0 Å². The molecule has 0 fully saturated rings. The van der Waals surface area contributed by atoms with Crippen molar-refractivity contribution in [2.75, 3.05) is 7.11 Å². The molecule has 1 unspecified atom stereocenters. The Kier molecular flexibility index (Phi) is 2.81. The van der Waals surface area contributed by atoms with E-state index in [-0.39, 0.29) is 0 Å². The third-order valence-corrected chi connectivity index (χ3v) is 1.62. The summed E-state index contributed by atoms with van der Waals surface area (Å²) in [6.45, 7) is 0. The smallest absolute Gasteiger partial charge is 0.131 e. The molecule has 0 bridgehead atoms. The summed E-state index contributed by atoms with van der Waals surface area (Å²) in [6, 6.07) is 9.03. The van der Waals surface area contributed by atoms with Gasteiger partial charge in [-0.2, -0.15) is 5.26 Å². The zero-order valence-corrected chi connectivity index (χ0v) is 6.82. The molecule has 0 aliphatic rings. The topological polar surface area (TPSA) is 59.0 Å². The fourth-order valence-electron chi connectivity index (χ4n) is 0.883. The fraction of sp³-hybridized carbons (Fsp3) is 0.222. The Balaban J connectivity index is 2.86. The molecule has 2 N–H and O–H groups in total. The quantitative estimate of drug-likeness (QED) is 0.664. The van der Waals surface area contributed by atoms with Gasteiger partial charge in [0.15, 0.2) is 0 Å². The summed E-state index contributed by atoms with van der Waals surface area (Å²) >= 11 is 0. The Morgan fingerprint density at radius 3 is 2.42 bits per heavy atom. The lowest BCUT2D eigenvalue weighted by atomic mass is 10.1. The Hall–Kier alpha value is -1.37. The standard InChI is InChI=1S/C9H10N2O/c1-12-9(11)8-4-2-7(6-10)3-5-8/h2-5,9H,11H2,1H3. The highest BCUT2D eigenvalue weighted by molar-refractivity contribution is 5.32. The zero-order chi connectivity index (χ0) is 8.97. The van der Waals surface area contributed by atoms with Gasteiger partial charge < -0.3 is 10.5 Å². The predicted molar refractivity (Wildman–Crippen MR) is 45.1 cm³/mol. The fourth-order valence-corrected chi connectivity index (χ4v) is 0.883. The van der Waals surface area contributed by atoms with Gasteiger partial charge in [0.25, 0.3) is 0 Å². The molecular formula is C9H10N2O. The van der Waals surface area contributed by atoms with E-state index in [4.69, 9.17) is 15.7 Å². The maximum Gasteiger partial charge on any atom is 0.131 e. The highest BCUT2D eigenvalue weighted by Crippen LogP contribution is 2.10. The van der Waals surface area contributed by atoms with Crippen LogP contribution in [-0.2, 0) is 4.74 Å². The number of benzene rings is 1. The van der Waals surface area contributed by atoms with Crippen LogP contribution < -0.4 is 5.73 Å². The van der Waals surface area contributed by atoms with Crippen molar-refractivity contribution in [2.24, 2.45) is 5.73 Å². The largest absolute Gasteiger partial charge is 0.363 e. The van der Waals surface area contributed by atoms with E-state index in [0.717, 1.165) is 5.56 Å². The van der Waals surface area contributed by atoms with E-state index in [1.54, 1.807) is 31.4 Å². The number of nitrogens with zero attached hydrogens (tertiary/aromatic N) is 1. The van der Waals surface area contributed by atoms with Gasteiger partial charge in [-0.05, 0) is 17.7 Å². The molecule has 1 atom stereocenters. The average Bonchev–Trinajstić information content (AvgIpc) is 2.17. The third-order valence-electron chi connectivity index (χ3n) is 1.62. The Morgan fingerprint density at radius 1 is 1.42 bits per heavy atom. The van der Waals surface area contributed by atoms with Crippen LogP contribution in [0.2, 0.25) is 0 Å². The van der Waals surface area contributed by atoms with Gasteiger partial charge in [-0.15, -0.1) is 0 Å². The molecule has 1 aromatic rings. The molecule has 3 heteroatoms. The molecule has 0 saturated heterocycles. The molecule has 1 aromatic carbocycles. The first-order valence-electron chi connectivity index (χ1n) is 3.56. The summed E-state index contributed by atoms with van der Waals surface area (Å²) in [5.74, 6) is 0. The van der Waals surface area contributed by atoms with Gasteiger partial charge >= 0.3 is 0 Å². The van der Waals surface area contributed by atoms with Gasteiger partial charge in [-0.1, -0.05) is 12.1 Å². The van der Waals surface area contributed by atoms with Crippen molar-refractivity contribution in [1.29, 1.82) is 5.26 Å². The van der Waals surface area contributed by atoms with Crippen LogP contribution in [0.15, 0.2) is 24.3 Å². The maximum atomic E-state index is 8.51. The van der Waals surface area contributed by atoms with E-state index in [0.29, 0.717) is 5.56 Å². The minimum absolute atomic E-state index is 0.405. The lowest BCUT2D eigenvalue weighted by molar-refractivity contribution is 0.109. The monoisotopic (exact) mass is 162 g/mol. The number of rotatable bonds is 2. The molecule has 0 aliphatic heterocycles. The molecule has 12 heavy (non-hydrogen) atoms. The third kappa shape index (κ3) is 1.82. The van der Waals surface area contributed by atoms with E-state index in [1.165, 1.54) is 0 Å². The number of hydrogen-bond donors (Lipinski definition) is 1. The van der Waals surface area contributed by atoms with Crippen LogP contribution in [0, 0.1) is 11.3 Å². The lowest BCUT2D eigenvalue weighted by Crippen LogP contribution is -2.11. The summed E-state index contributed by atoms with van der Waals surface area (Å²) in [5.41, 5.74) is 7.08. The van der Waals surface area contributed by atoms with Gasteiger partial charge in [0.2, 0.25) is 0 Å². The van der Waals surface area contributed by atoms with Crippen LogP contribution in [0.1, 0.15) is 17.4 Å². The Labute approximate surface area is 71.4 Å². The first-order chi connectivity index (χ1) is 5.77. The molecule has 3 nitrogen and oxygen atoms in total. The molecule has 0 amide bonds. The van der Waals surface area contributed by atoms with Crippen molar-refractivity contribution in [3.8, 4) is 6.07 Å². The highest BCUT2D eigenvalue weighted by atomic mass is 16.5. The van der Waals surface area contributed by atoms with Gasteiger partial charge in [-0.25, -0.2) is 0 Å². The van der Waals surface area contributed by atoms with Gasteiger partial charge in [0.05, 0.1) is 11.6 Å². The van der Waals surface area contributed by atoms with E-state index in [2.05, 4.69) is 0 Å². The van der Waals surface area contributed by atoms with Crippen LogP contribution in [0.5, 0.6) is 0 Å². The maximum absolute atomic E-state index is 8.51. The van der Waals surface area contributed by atoms with Crippen LogP contribution in [0.4, 0.5) is 0 Å². The van der Waals surface area contributed by atoms with Crippen molar-refractivity contribution >= 4 is 0 Å². The predicted octanol–water partition coefficient (Wildman–Crippen LogP) is 1.16. The second-order valence-electron chi connectivity index (χ2n) is 2.39. The zero-order valence-electron chi connectivity index (χ0n) is 6.82. The Morgan fingerprint density at radius 2 is 2.00 bits per heavy atom. The van der Waals surface area contributed by atoms with E-state index < -0.39 is 6.23 Å².